The third-order valence-electron chi connectivity index (χ3n) is 2.61. The summed E-state index contributed by atoms with van der Waals surface area (Å²) in [6, 6.07) is 5.50. The van der Waals surface area contributed by atoms with Crippen molar-refractivity contribution in [3.63, 3.8) is 0 Å². The fraction of sp³-hybridized carbons (Fsp3) is 0.250. The van der Waals surface area contributed by atoms with E-state index in [9.17, 15) is 0 Å². The largest absolute Gasteiger partial charge is 0.481 e. The number of nitrogens with two attached hydrogens (primary N) is 1. The number of nitrogens with one attached hydrogen (secondary N) is 1. The number of hydrogen-bond acceptors (Lipinski definition) is 5. The molecule has 1 unspecified atom stereocenters. The molecule has 0 saturated heterocycles. The molecular weight excluding hydrogens is 298 g/mol. The lowest BCUT2D eigenvalue weighted by Gasteiger charge is -2.14. The van der Waals surface area contributed by atoms with Crippen LogP contribution in [0.3, 0.4) is 0 Å². The topological polar surface area (TPSA) is 73.3 Å². The Balaban J connectivity index is 2.13. The van der Waals surface area contributed by atoms with E-state index in [0.717, 1.165) is 15.8 Å². The zero-order valence-corrected chi connectivity index (χ0v) is 11.5. The number of methoxy groups -OCH3 is 1. The molecule has 5 nitrogen and oxygen atoms in total. The number of nitrogens with zero attached hydrogens (tertiary/aromatic N) is 1. The van der Waals surface area contributed by atoms with Gasteiger partial charge in [0, 0.05) is 12.3 Å². The third kappa shape index (κ3) is 2.90. The summed E-state index contributed by atoms with van der Waals surface area (Å²) in [5, 5.41) is 0. The van der Waals surface area contributed by atoms with Crippen molar-refractivity contribution in [1.82, 2.24) is 10.4 Å². The van der Waals surface area contributed by atoms with E-state index in [1.165, 1.54) is 0 Å². The van der Waals surface area contributed by atoms with Crippen LogP contribution in [0.2, 0.25) is 0 Å². The van der Waals surface area contributed by atoms with E-state index >= 15 is 0 Å². The van der Waals surface area contributed by atoms with Crippen LogP contribution in [0.4, 0.5) is 0 Å². The van der Waals surface area contributed by atoms with Crippen molar-refractivity contribution in [3.8, 4) is 5.88 Å². The molecule has 0 aliphatic heterocycles. The van der Waals surface area contributed by atoms with Gasteiger partial charge in [-0.3, -0.25) is 5.84 Å². The molecule has 18 heavy (non-hydrogen) atoms. The molecule has 0 bridgehead atoms. The minimum Gasteiger partial charge on any atom is -0.481 e. The van der Waals surface area contributed by atoms with Crippen molar-refractivity contribution in [2.75, 3.05) is 7.11 Å². The van der Waals surface area contributed by atoms with E-state index in [0.29, 0.717) is 12.3 Å². The Kier molecular flexibility index (Phi) is 4.35. The van der Waals surface area contributed by atoms with E-state index < -0.39 is 0 Å². The van der Waals surface area contributed by atoms with Crippen LogP contribution in [0.5, 0.6) is 5.88 Å². The number of aromatic nitrogens is 1. The number of furan rings is 1. The van der Waals surface area contributed by atoms with Crippen LogP contribution in [-0.2, 0) is 6.42 Å². The minimum absolute atomic E-state index is 0.107. The third-order valence-corrected chi connectivity index (χ3v) is 3.26. The smallest absolute Gasteiger partial charge is 0.212 e. The molecule has 0 aromatic carbocycles. The van der Waals surface area contributed by atoms with Gasteiger partial charge in [0.05, 0.1) is 23.9 Å². The average molecular weight is 312 g/mol. The van der Waals surface area contributed by atoms with Gasteiger partial charge < -0.3 is 9.15 Å². The SMILES string of the molecule is COc1ccc(CC(NN)c2occc2Br)cn1. The Morgan fingerprint density at radius 2 is 2.33 bits per heavy atom. The Morgan fingerprint density at radius 3 is 2.83 bits per heavy atom. The highest BCUT2D eigenvalue weighted by molar-refractivity contribution is 9.10. The zero-order chi connectivity index (χ0) is 13.0. The predicted octanol–water partition coefficient (Wildman–Crippen LogP) is 2.19. The van der Waals surface area contributed by atoms with Crippen molar-refractivity contribution in [2.24, 2.45) is 5.84 Å². The molecule has 2 aromatic rings. The maximum atomic E-state index is 5.56. The first-order chi connectivity index (χ1) is 8.74. The first-order valence-electron chi connectivity index (χ1n) is 5.42. The van der Waals surface area contributed by atoms with Crippen LogP contribution >= 0.6 is 15.9 Å². The number of rotatable bonds is 5. The molecule has 96 valence electrons. The summed E-state index contributed by atoms with van der Waals surface area (Å²) < 4.78 is 11.3. The molecule has 3 N–H and O–H groups in total. The van der Waals surface area contributed by atoms with Gasteiger partial charge in [0.25, 0.3) is 0 Å². The van der Waals surface area contributed by atoms with Crippen molar-refractivity contribution >= 4 is 15.9 Å². The minimum atomic E-state index is -0.107. The summed E-state index contributed by atoms with van der Waals surface area (Å²) in [5.41, 5.74) is 3.78. The fourth-order valence-electron chi connectivity index (χ4n) is 1.67. The standard InChI is InChI=1S/C12H14BrN3O2/c1-17-11-3-2-8(7-15-11)6-10(16-14)12-9(13)4-5-18-12/h2-5,7,10,16H,6,14H2,1H3. The van der Waals surface area contributed by atoms with Crippen LogP contribution in [0.1, 0.15) is 17.4 Å². The number of pyridine rings is 1. The van der Waals surface area contributed by atoms with E-state index in [-0.39, 0.29) is 6.04 Å². The van der Waals surface area contributed by atoms with Gasteiger partial charge in [-0.15, -0.1) is 0 Å². The lowest BCUT2D eigenvalue weighted by atomic mass is 10.1. The van der Waals surface area contributed by atoms with Gasteiger partial charge in [0.1, 0.15) is 5.76 Å². The van der Waals surface area contributed by atoms with Crippen molar-refractivity contribution in [2.45, 2.75) is 12.5 Å². The molecule has 0 radical (unpaired) electrons. The lowest BCUT2D eigenvalue weighted by Crippen LogP contribution is -2.29. The van der Waals surface area contributed by atoms with E-state index in [1.807, 2.05) is 18.2 Å². The van der Waals surface area contributed by atoms with Gasteiger partial charge >= 0.3 is 0 Å². The number of hydrogen-bond donors (Lipinski definition) is 2. The van der Waals surface area contributed by atoms with Crippen LogP contribution in [0, 0.1) is 0 Å². The molecule has 0 saturated carbocycles. The number of ether oxygens (including phenoxy) is 1. The van der Waals surface area contributed by atoms with Gasteiger partial charge in [0.15, 0.2) is 0 Å². The summed E-state index contributed by atoms with van der Waals surface area (Å²) in [4.78, 5) is 4.16. The van der Waals surface area contributed by atoms with Gasteiger partial charge in [0.2, 0.25) is 5.88 Å². The first-order valence-corrected chi connectivity index (χ1v) is 6.22. The van der Waals surface area contributed by atoms with Gasteiger partial charge in [-0.05, 0) is 34.0 Å². The number of hydrazine groups is 1. The Bertz CT molecular complexity index is 498. The highest BCUT2D eigenvalue weighted by Crippen LogP contribution is 2.26. The highest BCUT2D eigenvalue weighted by atomic mass is 79.9. The van der Waals surface area contributed by atoms with Crippen molar-refractivity contribution in [1.29, 1.82) is 0 Å². The molecule has 2 aromatic heterocycles. The van der Waals surface area contributed by atoms with E-state index in [2.05, 4.69) is 26.3 Å². The first kappa shape index (κ1) is 13.1. The van der Waals surface area contributed by atoms with Crippen molar-refractivity contribution in [3.05, 3.63) is 46.5 Å². The maximum Gasteiger partial charge on any atom is 0.212 e. The van der Waals surface area contributed by atoms with E-state index in [1.54, 1.807) is 19.6 Å². The Labute approximate surface area is 113 Å². The summed E-state index contributed by atoms with van der Waals surface area (Å²) >= 11 is 3.42. The van der Waals surface area contributed by atoms with Crippen LogP contribution < -0.4 is 16.0 Å². The zero-order valence-electron chi connectivity index (χ0n) is 9.89. The van der Waals surface area contributed by atoms with Crippen molar-refractivity contribution < 1.29 is 9.15 Å². The average Bonchev–Trinajstić information content (AvgIpc) is 2.83. The summed E-state index contributed by atoms with van der Waals surface area (Å²) in [6.45, 7) is 0. The maximum absolute atomic E-state index is 5.56. The normalized spacial score (nSPS) is 12.4. The Morgan fingerprint density at radius 1 is 1.50 bits per heavy atom. The second-order valence-corrected chi connectivity index (χ2v) is 4.62. The molecule has 0 aliphatic rings. The summed E-state index contributed by atoms with van der Waals surface area (Å²) in [5.74, 6) is 6.93. The van der Waals surface area contributed by atoms with Gasteiger partial charge in [-0.1, -0.05) is 6.07 Å². The Hall–Kier alpha value is -1.37. The quantitative estimate of drug-likeness (QED) is 0.654. The van der Waals surface area contributed by atoms with Crippen LogP contribution in [-0.4, -0.2) is 12.1 Å². The molecule has 0 fully saturated rings. The molecule has 6 heteroatoms. The number of halogens is 1. The highest BCUT2D eigenvalue weighted by Gasteiger charge is 2.17. The molecule has 1 atom stereocenters. The second kappa shape index (κ2) is 5.99. The summed E-state index contributed by atoms with van der Waals surface area (Å²) in [6.07, 6.45) is 4.07. The molecular formula is C12H14BrN3O2. The van der Waals surface area contributed by atoms with Crippen LogP contribution in [0.25, 0.3) is 0 Å². The molecule has 2 heterocycles. The summed E-state index contributed by atoms with van der Waals surface area (Å²) in [7, 11) is 1.59. The van der Waals surface area contributed by atoms with Gasteiger partial charge in [-0.25, -0.2) is 10.4 Å². The van der Waals surface area contributed by atoms with E-state index in [4.69, 9.17) is 15.0 Å². The molecule has 0 spiro atoms. The predicted molar refractivity (Wildman–Crippen MR) is 71.0 cm³/mol. The monoisotopic (exact) mass is 311 g/mol. The van der Waals surface area contributed by atoms with Crippen LogP contribution in [0.15, 0.2) is 39.5 Å². The molecule has 0 amide bonds. The molecule has 2 rings (SSSR count). The molecule has 0 aliphatic carbocycles. The van der Waals surface area contributed by atoms with Gasteiger partial charge in [-0.2, -0.15) is 0 Å². The lowest BCUT2D eigenvalue weighted by molar-refractivity contribution is 0.396. The second-order valence-electron chi connectivity index (χ2n) is 3.76. The fourth-order valence-corrected chi connectivity index (χ4v) is 2.15.